The summed E-state index contributed by atoms with van der Waals surface area (Å²) < 4.78 is 24.5. The Morgan fingerprint density at radius 3 is 2.62 bits per heavy atom. The predicted molar refractivity (Wildman–Crippen MR) is 148 cm³/mol. The Morgan fingerprint density at radius 1 is 1.15 bits per heavy atom. The SMILES string of the molecule is CCOC(=O)C1=C(C)N=c2sc(=Cc3ccc(N4CCN(C)CC4)o3)c(=O)n2C1c1ccc(OC)cc1OC. The zero-order valence-electron chi connectivity index (χ0n) is 22.7. The molecule has 1 fully saturated rings. The zero-order chi connectivity index (χ0) is 27.7. The first-order chi connectivity index (χ1) is 18.8. The Balaban J connectivity index is 1.62. The minimum absolute atomic E-state index is 0.195. The molecule has 11 heteroatoms. The molecule has 4 heterocycles. The number of aromatic nitrogens is 1. The summed E-state index contributed by atoms with van der Waals surface area (Å²) in [4.78, 5) is 36.6. The number of rotatable bonds is 7. The van der Waals surface area contributed by atoms with E-state index in [0.717, 1.165) is 32.1 Å². The van der Waals surface area contributed by atoms with Crippen molar-refractivity contribution in [2.24, 2.45) is 4.99 Å². The lowest BCUT2D eigenvalue weighted by atomic mass is 9.95. The third-order valence-electron chi connectivity index (χ3n) is 6.95. The number of benzene rings is 1. The van der Waals surface area contributed by atoms with Gasteiger partial charge in [0, 0.05) is 50.0 Å². The van der Waals surface area contributed by atoms with Gasteiger partial charge in [0.1, 0.15) is 23.3 Å². The lowest BCUT2D eigenvalue weighted by Gasteiger charge is -2.32. The van der Waals surface area contributed by atoms with E-state index in [4.69, 9.17) is 18.6 Å². The van der Waals surface area contributed by atoms with Gasteiger partial charge in [0.25, 0.3) is 5.56 Å². The van der Waals surface area contributed by atoms with Crippen LogP contribution >= 0.6 is 11.3 Å². The van der Waals surface area contributed by atoms with Crippen molar-refractivity contribution in [3.8, 4) is 11.5 Å². The van der Waals surface area contributed by atoms with Crippen LogP contribution in [0.25, 0.3) is 6.08 Å². The molecule has 0 amide bonds. The molecule has 3 aromatic rings. The molecule has 0 saturated carbocycles. The van der Waals surface area contributed by atoms with Crippen LogP contribution in [0.5, 0.6) is 11.5 Å². The highest BCUT2D eigenvalue weighted by molar-refractivity contribution is 7.07. The number of hydrogen-bond donors (Lipinski definition) is 0. The fourth-order valence-corrected chi connectivity index (χ4v) is 5.90. The van der Waals surface area contributed by atoms with E-state index in [9.17, 15) is 9.59 Å². The van der Waals surface area contributed by atoms with E-state index < -0.39 is 12.0 Å². The Labute approximate surface area is 230 Å². The maximum Gasteiger partial charge on any atom is 0.338 e. The lowest BCUT2D eigenvalue weighted by Crippen LogP contribution is -2.44. The van der Waals surface area contributed by atoms with E-state index in [0.29, 0.717) is 37.9 Å². The number of allylic oxidation sites excluding steroid dienone is 1. The number of anilines is 1. The number of piperazine rings is 1. The topological polar surface area (TPSA) is 98.7 Å². The van der Waals surface area contributed by atoms with Gasteiger partial charge in [0.05, 0.1) is 36.6 Å². The molecule has 0 aliphatic carbocycles. The van der Waals surface area contributed by atoms with Crippen LogP contribution in [0, 0.1) is 0 Å². The fourth-order valence-electron chi connectivity index (χ4n) is 4.88. The first-order valence-corrected chi connectivity index (χ1v) is 13.6. The number of esters is 1. The lowest BCUT2D eigenvalue weighted by molar-refractivity contribution is -0.139. The number of nitrogens with zero attached hydrogens (tertiary/aromatic N) is 4. The molecular formula is C28H32N4O6S. The smallest absolute Gasteiger partial charge is 0.338 e. The molecule has 1 atom stereocenters. The van der Waals surface area contributed by atoms with Crippen LogP contribution in [-0.2, 0) is 9.53 Å². The van der Waals surface area contributed by atoms with Gasteiger partial charge in [-0.2, -0.15) is 0 Å². The first kappa shape index (κ1) is 26.8. The predicted octanol–water partition coefficient (Wildman–Crippen LogP) is 2.16. The van der Waals surface area contributed by atoms with Gasteiger partial charge in [0.15, 0.2) is 10.7 Å². The highest BCUT2D eigenvalue weighted by Gasteiger charge is 2.35. The standard InChI is InChI=1S/C28H32N4O6S/c1-6-37-27(34)24-17(2)29-28-32(25(24)20-9-7-18(35-4)15-21(20)36-5)26(33)22(39-28)16-19-8-10-23(38-19)31-13-11-30(3)12-14-31/h7-10,15-16,25H,6,11-14H2,1-5H3. The molecule has 1 saturated heterocycles. The number of likely N-dealkylation sites (N-methyl/N-ethyl adjacent to an activating group) is 1. The van der Waals surface area contributed by atoms with E-state index in [-0.39, 0.29) is 17.7 Å². The van der Waals surface area contributed by atoms with E-state index in [1.807, 2.05) is 12.1 Å². The summed E-state index contributed by atoms with van der Waals surface area (Å²) in [6.45, 7) is 7.38. The van der Waals surface area contributed by atoms with Crippen molar-refractivity contribution in [2.75, 3.05) is 59.0 Å². The van der Waals surface area contributed by atoms with Gasteiger partial charge < -0.3 is 28.4 Å². The Hall–Kier alpha value is -3.83. The molecule has 0 N–H and O–H groups in total. The number of thiazole rings is 1. The molecule has 2 aliphatic rings. The van der Waals surface area contributed by atoms with Crippen molar-refractivity contribution in [3.63, 3.8) is 0 Å². The summed E-state index contributed by atoms with van der Waals surface area (Å²) in [5.41, 5.74) is 1.11. The van der Waals surface area contributed by atoms with Gasteiger partial charge in [-0.3, -0.25) is 9.36 Å². The summed E-state index contributed by atoms with van der Waals surface area (Å²) in [6.07, 6.45) is 1.73. The van der Waals surface area contributed by atoms with Crippen molar-refractivity contribution in [2.45, 2.75) is 19.9 Å². The summed E-state index contributed by atoms with van der Waals surface area (Å²) in [7, 11) is 5.21. The minimum atomic E-state index is -0.791. The number of ether oxygens (including phenoxy) is 3. The Morgan fingerprint density at radius 2 is 1.92 bits per heavy atom. The number of fused-ring (bicyclic) bond motifs is 1. The van der Waals surface area contributed by atoms with Crippen molar-refractivity contribution in [3.05, 3.63) is 72.6 Å². The molecule has 39 heavy (non-hydrogen) atoms. The van der Waals surface area contributed by atoms with E-state index >= 15 is 0 Å². The van der Waals surface area contributed by atoms with Crippen molar-refractivity contribution >= 4 is 29.3 Å². The largest absolute Gasteiger partial charge is 0.497 e. The van der Waals surface area contributed by atoms with Crippen LogP contribution < -0.4 is 29.3 Å². The fraction of sp³-hybridized carbons (Fsp3) is 0.393. The van der Waals surface area contributed by atoms with Crippen LogP contribution in [0.4, 0.5) is 5.88 Å². The molecule has 5 rings (SSSR count). The second kappa shape index (κ2) is 11.1. The summed E-state index contributed by atoms with van der Waals surface area (Å²) >= 11 is 1.25. The van der Waals surface area contributed by atoms with Gasteiger partial charge in [0.2, 0.25) is 0 Å². The molecule has 0 bridgehead atoms. The number of carbonyl (C=O) groups is 1. The van der Waals surface area contributed by atoms with Crippen LogP contribution in [0.3, 0.4) is 0 Å². The number of methoxy groups -OCH3 is 2. The second-order valence-corrected chi connectivity index (χ2v) is 10.4. The van der Waals surface area contributed by atoms with Crippen molar-refractivity contribution < 1.29 is 23.4 Å². The van der Waals surface area contributed by atoms with E-state index in [2.05, 4.69) is 21.8 Å². The zero-order valence-corrected chi connectivity index (χ0v) is 23.5. The Kier molecular flexibility index (Phi) is 7.62. The molecule has 1 aromatic carbocycles. The van der Waals surface area contributed by atoms with Gasteiger partial charge in [-0.1, -0.05) is 11.3 Å². The quantitative estimate of drug-likeness (QED) is 0.412. The van der Waals surface area contributed by atoms with Crippen LogP contribution in [0.15, 0.2) is 55.8 Å². The summed E-state index contributed by atoms with van der Waals surface area (Å²) in [5.74, 6) is 1.90. The van der Waals surface area contributed by atoms with Crippen molar-refractivity contribution in [1.29, 1.82) is 0 Å². The average Bonchev–Trinajstić information content (AvgIpc) is 3.52. The third-order valence-corrected chi connectivity index (χ3v) is 7.94. The van der Waals surface area contributed by atoms with Gasteiger partial charge in [-0.25, -0.2) is 9.79 Å². The molecule has 0 spiro atoms. The maximum atomic E-state index is 13.9. The molecule has 2 aromatic heterocycles. The highest BCUT2D eigenvalue weighted by atomic mass is 32.1. The van der Waals surface area contributed by atoms with E-state index in [1.54, 1.807) is 45.2 Å². The van der Waals surface area contributed by atoms with Crippen LogP contribution in [0.2, 0.25) is 0 Å². The monoisotopic (exact) mass is 552 g/mol. The highest BCUT2D eigenvalue weighted by Crippen LogP contribution is 2.37. The van der Waals surface area contributed by atoms with Crippen LogP contribution in [-0.4, -0.2) is 69.5 Å². The maximum absolute atomic E-state index is 13.9. The normalized spacial score (nSPS) is 18.1. The number of hydrogen-bond acceptors (Lipinski definition) is 10. The summed E-state index contributed by atoms with van der Waals surface area (Å²) in [5, 5.41) is 0. The first-order valence-electron chi connectivity index (χ1n) is 12.8. The van der Waals surface area contributed by atoms with Gasteiger partial charge in [-0.05, 0) is 39.1 Å². The number of furan rings is 1. The second-order valence-electron chi connectivity index (χ2n) is 9.38. The molecule has 1 unspecified atom stereocenters. The molecule has 2 aliphatic heterocycles. The molecule has 206 valence electrons. The molecular weight excluding hydrogens is 520 g/mol. The molecule has 10 nitrogen and oxygen atoms in total. The van der Waals surface area contributed by atoms with Gasteiger partial charge in [-0.15, -0.1) is 0 Å². The Bertz CT molecular complexity index is 1590. The molecule has 0 radical (unpaired) electrons. The number of carbonyl (C=O) groups excluding carboxylic acids is 1. The van der Waals surface area contributed by atoms with Crippen molar-refractivity contribution in [1.82, 2.24) is 9.47 Å². The van der Waals surface area contributed by atoms with E-state index in [1.165, 1.54) is 23.0 Å². The average molecular weight is 553 g/mol. The minimum Gasteiger partial charge on any atom is -0.497 e. The summed E-state index contributed by atoms with van der Waals surface area (Å²) in [6, 6.07) is 8.31. The third kappa shape index (κ3) is 5.11. The van der Waals surface area contributed by atoms with Crippen LogP contribution in [0.1, 0.15) is 31.2 Å². The van der Waals surface area contributed by atoms with Gasteiger partial charge >= 0.3 is 5.97 Å².